The first-order valence-corrected chi connectivity index (χ1v) is 4.91. The van der Waals surface area contributed by atoms with E-state index < -0.39 is 16.7 Å². The zero-order chi connectivity index (χ0) is 13.0. The summed E-state index contributed by atoms with van der Waals surface area (Å²) < 4.78 is 0. The molecular formula is C10H11N3O4. The number of rotatable bonds is 3. The number of hydrogen-bond acceptors (Lipinski definition) is 5. The zero-order valence-electron chi connectivity index (χ0n) is 9.39. The smallest absolute Gasteiger partial charge is 0.358 e. The largest absolute Gasteiger partial charge is 0.363 e. The molecule has 0 aliphatic carbocycles. The number of hydrogen-bond donors (Lipinski definition) is 1. The van der Waals surface area contributed by atoms with Crippen molar-refractivity contribution >= 4 is 17.6 Å². The van der Waals surface area contributed by atoms with Crippen molar-refractivity contribution in [2.75, 3.05) is 0 Å². The van der Waals surface area contributed by atoms with Crippen LogP contribution in [0, 0.1) is 10.1 Å². The number of aromatic nitrogens is 1. The van der Waals surface area contributed by atoms with Crippen LogP contribution in [0.1, 0.15) is 29.8 Å². The van der Waals surface area contributed by atoms with Crippen LogP contribution in [-0.2, 0) is 11.2 Å². The topological polar surface area (TPSA) is 102 Å². The molecule has 0 aliphatic heterocycles. The minimum atomic E-state index is -0.633. The van der Waals surface area contributed by atoms with E-state index in [4.69, 9.17) is 0 Å². The Morgan fingerprint density at radius 2 is 2.18 bits per heavy atom. The fourth-order valence-corrected chi connectivity index (χ4v) is 1.31. The molecule has 0 aliphatic rings. The van der Waals surface area contributed by atoms with Crippen molar-refractivity contribution in [3.05, 3.63) is 33.5 Å². The molecule has 0 saturated heterocycles. The maximum Gasteiger partial charge on any atom is 0.363 e. The normalized spacial score (nSPS) is 9.76. The number of aryl methyl sites for hydroxylation is 1. The maximum atomic E-state index is 11.6. The van der Waals surface area contributed by atoms with Crippen molar-refractivity contribution in [1.29, 1.82) is 0 Å². The van der Waals surface area contributed by atoms with Gasteiger partial charge in [-0.05, 0) is 21.9 Å². The lowest BCUT2D eigenvalue weighted by atomic mass is 10.1. The van der Waals surface area contributed by atoms with Crippen LogP contribution in [0.25, 0.3) is 0 Å². The monoisotopic (exact) mass is 237 g/mol. The highest BCUT2D eigenvalue weighted by atomic mass is 16.6. The number of nitro groups is 1. The van der Waals surface area contributed by atoms with Gasteiger partial charge in [-0.1, -0.05) is 6.92 Å². The van der Waals surface area contributed by atoms with Gasteiger partial charge >= 0.3 is 5.82 Å². The standard InChI is InChI=1S/C10H11N3O4/c1-3-7-4-9(13(16)17)11-5-8(7)10(15)12-6(2)14/h4-5H,3H2,1-2H3,(H,12,14,15). The van der Waals surface area contributed by atoms with Crippen molar-refractivity contribution in [1.82, 2.24) is 10.3 Å². The summed E-state index contributed by atoms with van der Waals surface area (Å²) in [6.07, 6.45) is 1.54. The van der Waals surface area contributed by atoms with Gasteiger partial charge in [0.15, 0.2) is 6.20 Å². The predicted octanol–water partition coefficient (Wildman–Crippen LogP) is 0.828. The summed E-state index contributed by atoms with van der Waals surface area (Å²) >= 11 is 0. The van der Waals surface area contributed by atoms with Crippen LogP contribution in [0.4, 0.5) is 5.82 Å². The third-order valence-electron chi connectivity index (χ3n) is 2.08. The summed E-state index contributed by atoms with van der Waals surface area (Å²) in [6, 6.07) is 1.23. The van der Waals surface area contributed by atoms with E-state index in [1.54, 1.807) is 6.92 Å². The Kier molecular flexibility index (Phi) is 3.86. The second kappa shape index (κ2) is 5.15. The van der Waals surface area contributed by atoms with Gasteiger partial charge in [-0.3, -0.25) is 14.9 Å². The average molecular weight is 237 g/mol. The minimum Gasteiger partial charge on any atom is -0.358 e. The molecular weight excluding hydrogens is 226 g/mol. The zero-order valence-corrected chi connectivity index (χ0v) is 9.39. The summed E-state index contributed by atoms with van der Waals surface area (Å²) in [5.41, 5.74) is 0.652. The second-order valence-corrected chi connectivity index (χ2v) is 3.32. The molecule has 1 rings (SSSR count). The highest BCUT2D eigenvalue weighted by molar-refractivity contribution is 6.04. The highest BCUT2D eigenvalue weighted by Gasteiger charge is 2.18. The highest BCUT2D eigenvalue weighted by Crippen LogP contribution is 2.15. The molecule has 1 aromatic heterocycles. The van der Waals surface area contributed by atoms with Crippen LogP contribution in [0.5, 0.6) is 0 Å². The van der Waals surface area contributed by atoms with Gasteiger partial charge in [0.05, 0.1) is 5.56 Å². The Bertz CT molecular complexity index is 484. The second-order valence-electron chi connectivity index (χ2n) is 3.32. The van der Waals surface area contributed by atoms with Gasteiger partial charge in [-0.25, -0.2) is 0 Å². The number of imide groups is 1. The first-order chi connectivity index (χ1) is 7.95. The van der Waals surface area contributed by atoms with Crippen LogP contribution in [0.2, 0.25) is 0 Å². The van der Waals surface area contributed by atoms with Crippen LogP contribution in [0.3, 0.4) is 0 Å². The number of nitrogens with one attached hydrogen (secondary N) is 1. The number of carbonyl (C=O) groups excluding carboxylic acids is 2. The van der Waals surface area contributed by atoms with Gasteiger partial charge in [0.1, 0.15) is 0 Å². The fourth-order valence-electron chi connectivity index (χ4n) is 1.31. The molecule has 0 unspecified atom stereocenters. The first-order valence-electron chi connectivity index (χ1n) is 4.91. The molecule has 2 amide bonds. The van der Waals surface area contributed by atoms with Crippen LogP contribution in [0.15, 0.2) is 12.3 Å². The Morgan fingerprint density at radius 1 is 1.53 bits per heavy atom. The number of amides is 2. The minimum absolute atomic E-state index is 0.174. The lowest BCUT2D eigenvalue weighted by Crippen LogP contribution is -2.29. The van der Waals surface area contributed by atoms with Crippen LogP contribution in [-0.4, -0.2) is 21.7 Å². The SMILES string of the molecule is CCc1cc([N+](=O)[O-])ncc1C(=O)NC(C)=O. The van der Waals surface area contributed by atoms with E-state index in [0.29, 0.717) is 12.0 Å². The lowest BCUT2D eigenvalue weighted by molar-refractivity contribution is -0.389. The van der Waals surface area contributed by atoms with Crippen molar-refractivity contribution in [3.8, 4) is 0 Å². The lowest BCUT2D eigenvalue weighted by Gasteiger charge is -2.04. The molecule has 17 heavy (non-hydrogen) atoms. The fraction of sp³-hybridized carbons (Fsp3) is 0.300. The summed E-state index contributed by atoms with van der Waals surface area (Å²) in [7, 11) is 0. The van der Waals surface area contributed by atoms with Crippen molar-refractivity contribution in [3.63, 3.8) is 0 Å². The summed E-state index contributed by atoms with van der Waals surface area (Å²) in [6.45, 7) is 2.96. The summed E-state index contributed by atoms with van der Waals surface area (Å²) in [5, 5.41) is 12.6. The molecule has 0 saturated carbocycles. The molecule has 1 heterocycles. The molecule has 7 heteroatoms. The molecule has 0 fully saturated rings. The van der Waals surface area contributed by atoms with Gasteiger partial charge in [-0.15, -0.1) is 0 Å². The van der Waals surface area contributed by atoms with E-state index in [1.165, 1.54) is 13.0 Å². The van der Waals surface area contributed by atoms with E-state index in [9.17, 15) is 19.7 Å². The molecule has 0 aromatic carbocycles. The Balaban J connectivity index is 3.12. The van der Waals surface area contributed by atoms with Crippen molar-refractivity contribution < 1.29 is 14.5 Å². The van der Waals surface area contributed by atoms with Gasteiger partial charge in [0, 0.05) is 13.0 Å². The molecule has 0 radical (unpaired) electrons. The molecule has 0 bridgehead atoms. The average Bonchev–Trinajstić information content (AvgIpc) is 2.27. The molecule has 7 nitrogen and oxygen atoms in total. The maximum absolute atomic E-state index is 11.6. The molecule has 90 valence electrons. The van der Waals surface area contributed by atoms with Crippen LogP contribution >= 0.6 is 0 Å². The van der Waals surface area contributed by atoms with Gasteiger partial charge in [0.2, 0.25) is 5.91 Å². The molecule has 0 spiro atoms. The van der Waals surface area contributed by atoms with E-state index in [1.807, 2.05) is 0 Å². The predicted molar refractivity (Wildman–Crippen MR) is 58.4 cm³/mol. The third kappa shape index (κ3) is 3.07. The number of nitrogens with zero attached hydrogens (tertiary/aromatic N) is 2. The Hall–Kier alpha value is -2.31. The number of carbonyl (C=O) groups is 2. The van der Waals surface area contributed by atoms with E-state index in [-0.39, 0.29) is 11.4 Å². The van der Waals surface area contributed by atoms with Gasteiger partial charge in [-0.2, -0.15) is 0 Å². The van der Waals surface area contributed by atoms with Gasteiger partial charge in [0.25, 0.3) is 5.91 Å². The summed E-state index contributed by atoms with van der Waals surface area (Å²) in [4.78, 5) is 35.7. The summed E-state index contributed by atoms with van der Waals surface area (Å²) in [5.74, 6) is -1.41. The Labute approximate surface area is 97.0 Å². The first kappa shape index (κ1) is 12.8. The molecule has 0 atom stereocenters. The van der Waals surface area contributed by atoms with Gasteiger partial charge < -0.3 is 10.1 Å². The quantitative estimate of drug-likeness (QED) is 0.619. The van der Waals surface area contributed by atoms with Crippen LogP contribution < -0.4 is 5.32 Å². The number of pyridine rings is 1. The van der Waals surface area contributed by atoms with E-state index in [0.717, 1.165) is 6.20 Å². The molecule has 1 aromatic rings. The van der Waals surface area contributed by atoms with Crippen molar-refractivity contribution in [2.24, 2.45) is 0 Å². The van der Waals surface area contributed by atoms with E-state index >= 15 is 0 Å². The van der Waals surface area contributed by atoms with Crippen molar-refractivity contribution in [2.45, 2.75) is 20.3 Å². The van der Waals surface area contributed by atoms with E-state index in [2.05, 4.69) is 10.3 Å². The third-order valence-corrected chi connectivity index (χ3v) is 2.08. The molecule has 1 N–H and O–H groups in total. The Morgan fingerprint density at radius 3 is 2.65 bits per heavy atom.